The molecule has 0 aliphatic heterocycles. The van der Waals surface area contributed by atoms with E-state index in [0.717, 1.165) is 32.8 Å². The van der Waals surface area contributed by atoms with E-state index in [0.29, 0.717) is 19.3 Å². The van der Waals surface area contributed by atoms with E-state index in [1.807, 2.05) is 0 Å². The maximum atomic E-state index is 10.6. The highest BCUT2D eigenvalue weighted by atomic mass is 79.9. The van der Waals surface area contributed by atoms with Crippen LogP contribution in [-0.4, -0.2) is 28.5 Å². The van der Waals surface area contributed by atoms with Crippen molar-refractivity contribution in [1.82, 2.24) is 4.57 Å². The van der Waals surface area contributed by atoms with Gasteiger partial charge in [-0.2, -0.15) is 0 Å². The fraction of sp³-hybridized carbons (Fsp3) is 0.429. The van der Waals surface area contributed by atoms with Crippen LogP contribution >= 0.6 is 31.9 Å². The van der Waals surface area contributed by atoms with Crippen molar-refractivity contribution in [3.63, 3.8) is 0 Å². The topological polar surface area (TPSA) is 34.4 Å². The summed E-state index contributed by atoms with van der Waals surface area (Å²) in [7, 11) is 0. The maximum Gasteiger partial charge on any atom is 0.0952 e. The first kappa shape index (κ1) is 18.5. The van der Waals surface area contributed by atoms with Gasteiger partial charge in [-0.3, -0.25) is 0 Å². The van der Waals surface area contributed by atoms with Crippen LogP contribution < -0.4 is 0 Å². The van der Waals surface area contributed by atoms with Gasteiger partial charge in [-0.05, 0) is 49.2 Å². The van der Waals surface area contributed by atoms with E-state index in [1.165, 1.54) is 30.0 Å². The fourth-order valence-electron chi connectivity index (χ4n) is 3.99. The van der Waals surface area contributed by atoms with Crippen LogP contribution in [0.4, 0.5) is 0 Å². The standard InChI is InChI=1S/C21H23Br2NO2/c22-14-6-8-20-18(10-14)19-11-15(23)7-9-21(19)24(20)12-16(25)13-26-17-4-2-1-3-5-17/h6-11,16-17,25H,1-5,12-13H2. The Morgan fingerprint density at radius 2 is 1.54 bits per heavy atom. The quantitative estimate of drug-likeness (QED) is 0.483. The van der Waals surface area contributed by atoms with Crippen LogP contribution in [0.2, 0.25) is 0 Å². The molecule has 1 saturated carbocycles. The molecule has 1 heterocycles. The minimum atomic E-state index is -0.511. The third-order valence-electron chi connectivity index (χ3n) is 5.26. The molecular weight excluding hydrogens is 458 g/mol. The predicted molar refractivity (Wildman–Crippen MR) is 114 cm³/mol. The van der Waals surface area contributed by atoms with Gasteiger partial charge in [-0.15, -0.1) is 0 Å². The Hall–Kier alpha value is -0.880. The molecule has 0 spiro atoms. The molecule has 1 unspecified atom stereocenters. The summed E-state index contributed by atoms with van der Waals surface area (Å²) in [5, 5.41) is 13.0. The normalized spacial score (nSPS) is 17.2. The van der Waals surface area contributed by atoms with Gasteiger partial charge in [-0.1, -0.05) is 51.1 Å². The van der Waals surface area contributed by atoms with Crippen LogP contribution in [0.3, 0.4) is 0 Å². The van der Waals surface area contributed by atoms with Gasteiger partial charge in [0.1, 0.15) is 0 Å². The zero-order chi connectivity index (χ0) is 18.1. The number of fused-ring (bicyclic) bond motifs is 3. The van der Waals surface area contributed by atoms with Gasteiger partial charge in [0.2, 0.25) is 0 Å². The number of rotatable bonds is 5. The Morgan fingerprint density at radius 1 is 0.962 bits per heavy atom. The van der Waals surface area contributed by atoms with Crippen molar-refractivity contribution >= 4 is 53.7 Å². The second-order valence-corrected chi connectivity index (χ2v) is 9.01. The molecule has 26 heavy (non-hydrogen) atoms. The van der Waals surface area contributed by atoms with Crippen molar-refractivity contribution in [3.05, 3.63) is 45.3 Å². The van der Waals surface area contributed by atoms with E-state index in [-0.39, 0.29) is 0 Å². The van der Waals surface area contributed by atoms with Gasteiger partial charge in [0.05, 0.1) is 25.4 Å². The lowest BCUT2D eigenvalue weighted by Gasteiger charge is -2.23. The summed E-state index contributed by atoms with van der Waals surface area (Å²) >= 11 is 7.15. The van der Waals surface area contributed by atoms with Crippen LogP contribution in [0.1, 0.15) is 32.1 Å². The van der Waals surface area contributed by atoms with Crippen LogP contribution in [-0.2, 0) is 11.3 Å². The number of aliphatic hydroxyl groups is 1. The second kappa shape index (κ2) is 8.01. The van der Waals surface area contributed by atoms with E-state index >= 15 is 0 Å². The number of halogens is 2. The largest absolute Gasteiger partial charge is 0.389 e. The Balaban J connectivity index is 1.60. The summed E-state index contributed by atoms with van der Waals surface area (Å²) in [5.41, 5.74) is 2.27. The Morgan fingerprint density at radius 3 is 2.12 bits per heavy atom. The number of ether oxygens (including phenoxy) is 1. The lowest BCUT2D eigenvalue weighted by atomic mass is 9.98. The van der Waals surface area contributed by atoms with Gasteiger partial charge in [0.15, 0.2) is 0 Å². The molecule has 1 aromatic heterocycles. The first-order valence-electron chi connectivity index (χ1n) is 9.28. The second-order valence-electron chi connectivity index (χ2n) is 7.18. The van der Waals surface area contributed by atoms with E-state index in [1.54, 1.807) is 0 Å². The molecule has 0 saturated heterocycles. The summed E-state index contributed by atoms with van der Waals surface area (Å²) in [6.45, 7) is 0.939. The molecule has 1 atom stereocenters. The van der Waals surface area contributed by atoms with E-state index in [4.69, 9.17) is 4.74 Å². The SMILES string of the molecule is OC(COC1CCCCC1)Cn1c2ccc(Br)cc2c2cc(Br)ccc21. The van der Waals surface area contributed by atoms with Gasteiger partial charge < -0.3 is 14.4 Å². The highest BCUT2D eigenvalue weighted by molar-refractivity contribution is 9.10. The summed E-state index contributed by atoms with van der Waals surface area (Å²) in [5.74, 6) is 0. The number of nitrogens with zero attached hydrogens (tertiary/aromatic N) is 1. The maximum absolute atomic E-state index is 10.6. The average Bonchev–Trinajstić information content (AvgIpc) is 2.93. The van der Waals surface area contributed by atoms with Crippen LogP contribution in [0, 0.1) is 0 Å². The summed E-state index contributed by atoms with van der Waals surface area (Å²) in [4.78, 5) is 0. The summed E-state index contributed by atoms with van der Waals surface area (Å²) in [6.07, 6.45) is 5.88. The lowest BCUT2D eigenvalue weighted by Crippen LogP contribution is -2.26. The van der Waals surface area contributed by atoms with E-state index in [9.17, 15) is 5.11 Å². The van der Waals surface area contributed by atoms with E-state index < -0.39 is 6.10 Å². The molecule has 0 amide bonds. The van der Waals surface area contributed by atoms with Crippen molar-refractivity contribution in [2.75, 3.05) is 6.61 Å². The first-order valence-corrected chi connectivity index (χ1v) is 10.9. The molecule has 1 fully saturated rings. The molecule has 3 nitrogen and oxygen atoms in total. The fourth-order valence-corrected chi connectivity index (χ4v) is 4.71. The number of hydrogen-bond donors (Lipinski definition) is 1. The lowest BCUT2D eigenvalue weighted by molar-refractivity contribution is -0.0277. The summed E-state index contributed by atoms with van der Waals surface area (Å²) in [6, 6.07) is 12.6. The van der Waals surface area contributed by atoms with Crippen LogP contribution in [0.15, 0.2) is 45.3 Å². The van der Waals surface area contributed by atoms with E-state index in [2.05, 4.69) is 72.8 Å². The molecule has 5 heteroatoms. The van der Waals surface area contributed by atoms with Crippen molar-refractivity contribution < 1.29 is 9.84 Å². The third-order valence-corrected chi connectivity index (χ3v) is 6.25. The Kier molecular flexibility index (Phi) is 5.69. The molecule has 1 aliphatic rings. The molecule has 0 bridgehead atoms. The third kappa shape index (κ3) is 3.86. The predicted octanol–water partition coefficient (Wildman–Crippen LogP) is 6.03. The van der Waals surface area contributed by atoms with Gasteiger partial charge in [0, 0.05) is 30.8 Å². The Bertz CT molecular complexity index is 856. The number of hydrogen-bond acceptors (Lipinski definition) is 2. The zero-order valence-corrected chi connectivity index (χ0v) is 17.8. The highest BCUT2D eigenvalue weighted by Crippen LogP contribution is 2.33. The average molecular weight is 481 g/mol. The van der Waals surface area contributed by atoms with Crippen molar-refractivity contribution in [3.8, 4) is 0 Å². The molecule has 4 rings (SSSR count). The monoisotopic (exact) mass is 479 g/mol. The van der Waals surface area contributed by atoms with Crippen LogP contribution in [0.25, 0.3) is 21.8 Å². The molecule has 1 aliphatic carbocycles. The minimum Gasteiger partial charge on any atom is -0.389 e. The molecular formula is C21H23Br2NO2. The molecule has 3 aromatic rings. The minimum absolute atomic E-state index is 0.323. The molecule has 0 radical (unpaired) electrons. The number of benzene rings is 2. The zero-order valence-electron chi connectivity index (χ0n) is 14.6. The van der Waals surface area contributed by atoms with Gasteiger partial charge in [-0.25, -0.2) is 0 Å². The van der Waals surface area contributed by atoms with Crippen molar-refractivity contribution in [1.29, 1.82) is 0 Å². The highest BCUT2D eigenvalue weighted by Gasteiger charge is 2.18. The number of aliphatic hydroxyl groups excluding tert-OH is 1. The summed E-state index contributed by atoms with van der Waals surface area (Å²) < 4.78 is 10.3. The Labute approximate surface area is 170 Å². The van der Waals surface area contributed by atoms with Gasteiger partial charge in [0.25, 0.3) is 0 Å². The molecule has 138 valence electrons. The van der Waals surface area contributed by atoms with Crippen LogP contribution in [0.5, 0.6) is 0 Å². The molecule has 2 aromatic carbocycles. The molecule has 1 N–H and O–H groups in total. The van der Waals surface area contributed by atoms with Crippen molar-refractivity contribution in [2.45, 2.75) is 50.9 Å². The van der Waals surface area contributed by atoms with Gasteiger partial charge >= 0.3 is 0 Å². The number of aromatic nitrogens is 1. The smallest absolute Gasteiger partial charge is 0.0952 e. The first-order chi connectivity index (χ1) is 12.6. The van der Waals surface area contributed by atoms with Crippen molar-refractivity contribution in [2.24, 2.45) is 0 Å².